The van der Waals surface area contributed by atoms with Gasteiger partial charge in [0, 0.05) is 12.2 Å². The summed E-state index contributed by atoms with van der Waals surface area (Å²) >= 11 is 0. The first-order valence-corrected chi connectivity index (χ1v) is 3.80. The molecule has 0 aromatic rings. The van der Waals surface area contributed by atoms with Gasteiger partial charge in [0.1, 0.15) is 11.5 Å². The van der Waals surface area contributed by atoms with E-state index in [2.05, 4.69) is 0 Å². The molecule has 1 radical (unpaired) electrons. The van der Waals surface area contributed by atoms with E-state index in [0.29, 0.717) is 0 Å². The molecule has 0 heterocycles. The second kappa shape index (κ2) is 3.97. The van der Waals surface area contributed by atoms with Crippen LogP contribution in [0.15, 0.2) is 23.7 Å². The number of nitrogens with one attached hydrogen (secondary N) is 1. The Morgan fingerprint density at radius 3 is 1.93 bits per heavy atom. The fraction of sp³-hybridized carbons (Fsp3) is 0.375. The summed E-state index contributed by atoms with van der Waals surface area (Å²) in [6.45, 7) is 0. The molecule has 0 spiro atoms. The highest BCUT2D eigenvalue weighted by Gasteiger charge is 2.34. The molecule has 1 aliphatic carbocycles. The minimum absolute atomic E-state index is 0.00778. The summed E-state index contributed by atoms with van der Waals surface area (Å²) in [6, 6.07) is 0. The van der Waals surface area contributed by atoms with Gasteiger partial charge in [-0.2, -0.15) is 5.48 Å². The van der Waals surface area contributed by atoms with Crippen LogP contribution < -0.4 is 5.48 Å². The Morgan fingerprint density at radius 2 is 1.64 bits per heavy atom. The van der Waals surface area contributed by atoms with Gasteiger partial charge in [-0.15, -0.1) is 0 Å². The van der Waals surface area contributed by atoms with Crippen LogP contribution in [0.4, 0.5) is 0 Å². The molecule has 1 aliphatic rings. The number of rotatable bonds is 3. The number of hydrogen-bond acceptors (Lipinski definition) is 6. The third-order valence-electron chi connectivity index (χ3n) is 1.79. The molecular weight excluding hydrogens is 190 g/mol. The predicted molar refractivity (Wildman–Crippen MR) is 45.2 cm³/mol. The molecule has 0 aliphatic heterocycles. The topological polar surface area (TPSA) is 91.2 Å². The predicted octanol–water partition coefficient (Wildman–Crippen LogP) is -0.368. The lowest BCUT2D eigenvalue weighted by atomic mass is 10.0. The fourth-order valence-corrected chi connectivity index (χ4v) is 1.08. The van der Waals surface area contributed by atoms with E-state index >= 15 is 0 Å². The Kier molecular flexibility index (Phi) is 3.12. The smallest absolute Gasteiger partial charge is 0.222 e. The van der Waals surface area contributed by atoms with Crippen molar-refractivity contribution < 1.29 is 24.9 Å². The summed E-state index contributed by atoms with van der Waals surface area (Å²) in [5.41, 5.74) is -0.155. The van der Waals surface area contributed by atoms with E-state index in [1.807, 2.05) is 0 Å². The number of aliphatic hydroxyl groups is 2. The van der Waals surface area contributed by atoms with Crippen LogP contribution in [0.2, 0.25) is 0 Å². The van der Waals surface area contributed by atoms with Gasteiger partial charge in [0.05, 0.1) is 14.2 Å². The van der Waals surface area contributed by atoms with Crippen LogP contribution in [0.1, 0.15) is 0 Å². The van der Waals surface area contributed by atoms with Gasteiger partial charge in [-0.1, -0.05) is 0 Å². The average molecular weight is 202 g/mol. The molecule has 0 bridgehead atoms. The van der Waals surface area contributed by atoms with Crippen molar-refractivity contribution in [2.45, 2.75) is 5.72 Å². The minimum atomic E-state index is -1.80. The van der Waals surface area contributed by atoms with E-state index < -0.39 is 5.72 Å². The molecule has 6 nitrogen and oxygen atoms in total. The molecule has 6 heteroatoms. The van der Waals surface area contributed by atoms with Gasteiger partial charge in [0.15, 0.2) is 5.72 Å². The third kappa shape index (κ3) is 1.88. The highest BCUT2D eigenvalue weighted by molar-refractivity contribution is 5.38. The van der Waals surface area contributed by atoms with Crippen LogP contribution in [0.5, 0.6) is 0 Å². The van der Waals surface area contributed by atoms with E-state index in [0.717, 1.165) is 12.2 Å². The van der Waals surface area contributed by atoms with Crippen molar-refractivity contribution in [3.05, 3.63) is 29.8 Å². The van der Waals surface area contributed by atoms with E-state index in [1.54, 1.807) is 5.48 Å². The van der Waals surface area contributed by atoms with Crippen molar-refractivity contribution in [2.75, 3.05) is 14.2 Å². The molecule has 14 heavy (non-hydrogen) atoms. The summed E-state index contributed by atoms with van der Waals surface area (Å²) < 4.78 is 9.55. The standard InChI is InChI=1S/C8H12NO5/c1-13-5-3-8(11,9-12)4-6(14-2)7(5)10/h3-4,9-12H,1-2H3. The van der Waals surface area contributed by atoms with Crippen molar-refractivity contribution in [3.8, 4) is 0 Å². The lowest BCUT2D eigenvalue weighted by molar-refractivity contribution is -0.0322. The zero-order chi connectivity index (χ0) is 10.8. The van der Waals surface area contributed by atoms with Crippen LogP contribution in [0, 0.1) is 6.10 Å². The largest absolute Gasteiger partial charge is 0.498 e. The summed E-state index contributed by atoms with van der Waals surface area (Å²) in [5, 5.41) is 27.7. The van der Waals surface area contributed by atoms with E-state index in [4.69, 9.17) is 14.7 Å². The van der Waals surface area contributed by atoms with Crippen molar-refractivity contribution >= 4 is 0 Å². The van der Waals surface area contributed by atoms with Gasteiger partial charge in [-0.25, -0.2) is 0 Å². The molecule has 0 amide bonds. The first-order chi connectivity index (χ1) is 6.56. The van der Waals surface area contributed by atoms with Crippen molar-refractivity contribution in [2.24, 2.45) is 0 Å². The molecule has 79 valence electrons. The molecule has 0 aromatic carbocycles. The zero-order valence-corrected chi connectivity index (χ0v) is 7.81. The Balaban J connectivity index is 3.02. The molecule has 0 aromatic heterocycles. The van der Waals surface area contributed by atoms with E-state index in [1.165, 1.54) is 14.2 Å². The first-order valence-electron chi connectivity index (χ1n) is 3.80. The summed E-state index contributed by atoms with van der Waals surface area (Å²) in [6.07, 6.45) is 1.96. The lowest BCUT2D eigenvalue weighted by Gasteiger charge is -2.27. The van der Waals surface area contributed by atoms with Crippen LogP contribution >= 0.6 is 0 Å². The third-order valence-corrected chi connectivity index (χ3v) is 1.79. The van der Waals surface area contributed by atoms with Gasteiger partial charge in [-0.3, -0.25) is 0 Å². The number of methoxy groups -OCH3 is 2. The molecule has 0 atom stereocenters. The second-order valence-electron chi connectivity index (χ2n) is 2.71. The Bertz CT molecular complexity index is 251. The number of ether oxygens (including phenoxy) is 2. The van der Waals surface area contributed by atoms with Crippen LogP contribution in [-0.4, -0.2) is 35.4 Å². The summed E-state index contributed by atoms with van der Waals surface area (Å²) in [5.74, 6) is 0.0156. The fourth-order valence-electron chi connectivity index (χ4n) is 1.08. The van der Waals surface area contributed by atoms with Gasteiger partial charge >= 0.3 is 0 Å². The molecule has 1 rings (SSSR count). The minimum Gasteiger partial charge on any atom is -0.498 e. The van der Waals surface area contributed by atoms with Crippen LogP contribution in [0.25, 0.3) is 0 Å². The highest BCUT2D eigenvalue weighted by atomic mass is 16.5. The second-order valence-corrected chi connectivity index (χ2v) is 2.71. The summed E-state index contributed by atoms with van der Waals surface area (Å²) in [7, 11) is 2.64. The Labute approximate surface area is 81.0 Å². The van der Waals surface area contributed by atoms with Gasteiger partial charge in [0.25, 0.3) is 0 Å². The maximum atomic E-state index is 9.60. The molecule has 0 fully saturated rings. The quantitative estimate of drug-likeness (QED) is 0.369. The molecular formula is C8H12NO5. The van der Waals surface area contributed by atoms with Gasteiger partial charge in [0.2, 0.25) is 6.10 Å². The SMILES string of the molecule is COC1=CC(O)(NO)C=C(OC)[C]1O. The van der Waals surface area contributed by atoms with Crippen molar-refractivity contribution in [1.29, 1.82) is 0 Å². The molecule has 4 N–H and O–H groups in total. The number of aliphatic hydroxyl groups excluding tert-OH is 1. The first kappa shape index (κ1) is 11.0. The van der Waals surface area contributed by atoms with Crippen molar-refractivity contribution in [3.63, 3.8) is 0 Å². The molecule has 0 saturated carbocycles. The van der Waals surface area contributed by atoms with Crippen molar-refractivity contribution in [1.82, 2.24) is 5.48 Å². The monoisotopic (exact) mass is 202 g/mol. The van der Waals surface area contributed by atoms with Gasteiger partial charge < -0.3 is 24.9 Å². The maximum Gasteiger partial charge on any atom is 0.222 e. The van der Waals surface area contributed by atoms with Crippen LogP contribution in [0.3, 0.4) is 0 Å². The number of hydrogen-bond donors (Lipinski definition) is 4. The van der Waals surface area contributed by atoms with E-state index in [9.17, 15) is 10.2 Å². The normalized spacial score (nSPS) is 21.2. The number of hydroxylamine groups is 1. The lowest BCUT2D eigenvalue weighted by Crippen LogP contribution is -2.42. The molecule has 0 saturated heterocycles. The molecule has 0 unspecified atom stereocenters. The average Bonchev–Trinajstić information content (AvgIpc) is 2.21. The zero-order valence-electron chi connectivity index (χ0n) is 7.81. The summed E-state index contributed by atoms with van der Waals surface area (Å²) in [4.78, 5) is 0. The Morgan fingerprint density at radius 1 is 1.21 bits per heavy atom. The van der Waals surface area contributed by atoms with E-state index in [-0.39, 0.29) is 17.6 Å². The highest BCUT2D eigenvalue weighted by Crippen LogP contribution is 2.29. The Hall–Kier alpha value is -1.08. The maximum absolute atomic E-state index is 9.60. The van der Waals surface area contributed by atoms with Crippen LogP contribution in [-0.2, 0) is 9.47 Å². The van der Waals surface area contributed by atoms with Gasteiger partial charge in [-0.05, 0) is 0 Å².